The highest BCUT2D eigenvalue weighted by atomic mass is 32.2. The van der Waals surface area contributed by atoms with Gasteiger partial charge in [-0.2, -0.15) is 0 Å². The Morgan fingerprint density at radius 3 is 2.12 bits per heavy atom. The Kier molecular flexibility index (Phi) is 9.11. The van der Waals surface area contributed by atoms with Crippen molar-refractivity contribution in [2.75, 3.05) is 11.1 Å². The van der Waals surface area contributed by atoms with Gasteiger partial charge in [0.05, 0.1) is 18.8 Å². The number of amides is 1. The summed E-state index contributed by atoms with van der Waals surface area (Å²) in [6.07, 6.45) is 0.0300. The molecule has 14 heteroatoms. The van der Waals surface area contributed by atoms with E-state index in [1.807, 2.05) is 26.1 Å². The molecule has 226 valence electrons. The summed E-state index contributed by atoms with van der Waals surface area (Å²) in [6, 6.07) is 13.2. The minimum Gasteiger partial charge on any atom is -0.392 e. The van der Waals surface area contributed by atoms with Gasteiger partial charge in [0.25, 0.3) is 5.91 Å². The number of nitrogens with zero attached hydrogens (tertiary/aromatic N) is 3. The van der Waals surface area contributed by atoms with E-state index in [9.17, 15) is 31.9 Å². The lowest BCUT2D eigenvalue weighted by Gasteiger charge is -2.41. The molecule has 2 N–H and O–H groups in total. The third-order valence-corrected chi connectivity index (χ3v) is 8.17. The molecule has 0 radical (unpaired) electrons. The molecule has 2 heterocycles. The number of anilines is 1. The lowest BCUT2D eigenvalue weighted by molar-refractivity contribution is -0.268. The van der Waals surface area contributed by atoms with Crippen molar-refractivity contribution in [3.05, 3.63) is 106 Å². The summed E-state index contributed by atoms with van der Waals surface area (Å²) in [6.45, 7) is 1.90. The molecule has 0 saturated carbocycles. The summed E-state index contributed by atoms with van der Waals surface area (Å²) in [5.74, 6) is -12.3. The molecule has 1 aliphatic heterocycles. The van der Waals surface area contributed by atoms with Crippen molar-refractivity contribution in [2.45, 2.75) is 37.2 Å². The number of aliphatic hydroxyl groups is 1. The van der Waals surface area contributed by atoms with Gasteiger partial charge in [-0.25, -0.2) is 22.0 Å². The van der Waals surface area contributed by atoms with Crippen molar-refractivity contribution in [1.82, 2.24) is 14.8 Å². The smallest absolute Gasteiger partial charge is 0.261 e. The normalized spacial score (nSPS) is 20.3. The van der Waals surface area contributed by atoms with Crippen molar-refractivity contribution in [3.63, 3.8) is 0 Å². The fourth-order valence-corrected chi connectivity index (χ4v) is 5.64. The maximum Gasteiger partial charge on any atom is 0.261 e. The molecule has 0 unspecified atom stereocenters. The van der Waals surface area contributed by atoms with Crippen molar-refractivity contribution in [1.29, 1.82) is 0 Å². The number of benzene rings is 3. The number of rotatable bonds is 8. The Hall–Kier alpha value is -3.85. The van der Waals surface area contributed by atoms with Crippen LogP contribution in [-0.4, -0.2) is 37.6 Å². The Balaban J connectivity index is 1.37. The molecule has 0 bridgehead atoms. The van der Waals surface area contributed by atoms with Crippen LogP contribution in [-0.2, 0) is 23.1 Å². The second-order valence-corrected chi connectivity index (χ2v) is 10.9. The van der Waals surface area contributed by atoms with Crippen LogP contribution in [0.1, 0.15) is 46.4 Å². The van der Waals surface area contributed by atoms with E-state index >= 15 is 0 Å². The number of carbonyl (C=O) groups excluding carboxylic acids is 1. The number of aromatic nitrogens is 3. The molecule has 43 heavy (non-hydrogen) atoms. The van der Waals surface area contributed by atoms with Crippen LogP contribution < -0.4 is 5.32 Å². The topological polar surface area (TPSA) is 98.5 Å². The molecule has 8 nitrogen and oxygen atoms in total. The first-order valence-corrected chi connectivity index (χ1v) is 14.0. The van der Waals surface area contributed by atoms with Gasteiger partial charge in [0.15, 0.2) is 34.7 Å². The molecule has 1 amide bonds. The summed E-state index contributed by atoms with van der Waals surface area (Å²) >= 11 is 1.47. The number of aliphatic hydroxyl groups excluding tert-OH is 1. The van der Waals surface area contributed by atoms with Crippen LogP contribution in [0.5, 0.6) is 0 Å². The number of nitrogens with one attached hydrogen (secondary N) is 1. The molecule has 3 aromatic carbocycles. The van der Waals surface area contributed by atoms with E-state index in [-0.39, 0.29) is 24.3 Å². The molecule has 4 aromatic rings. The standard InChI is InChI=1S/C29H25F5N4O4S/c1-14-19(12-43-29-37-35-13-38(29)2)41-28(42-26(14)16-5-3-15(11-39)4-6-16)17-7-9-18(10-8-17)36-27(40)20-21(30)23(32)25(34)24(33)22(20)31/h3-10,13-14,19,26,28,39H,11-12H2,1-2H3,(H,36,40)/t14-,19+,26+,28+/m1/s1. The summed E-state index contributed by atoms with van der Waals surface area (Å²) in [4.78, 5) is 12.5. The molecule has 1 aromatic heterocycles. The summed E-state index contributed by atoms with van der Waals surface area (Å²) in [5.41, 5.74) is 0.613. The zero-order valence-corrected chi connectivity index (χ0v) is 23.5. The van der Waals surface area contributed by atoms with Gasteiger partial charge in [0, 0.05) is 30.0 Å². The van der Waals surface area contributed by atoms with Gasteiger partial charge in [0.2, 0.25) is 5.82 Å². The Labute approximate surface area is 246 Å². The van der Waals surface area contributed by atoms with E-state index in [1.54, 1.807) is 35.2 Å². The largest absolute Gasteiger partial charge is 0.392 e. The van der Waals surface area contributed by atoms with Crippen molar-refractivity contribution in [3.8, 4) is 0 Å². The van der Waals surface area contributed by atoms with Crippen LogP contribution in [0.25, 0.3) is 0 Å². The monoisotopic (exact) mass is 620 g/mol. The maximum absolute atomic E-state index is 14.1. The molecule has 4 atom stereocenters. The summed E-state index contributed by atoms with van der Waals surface area (Å²) < 4.78 is 83.2. The van der Waals surface area contributed by atoms with Gasteiger partial charge in [-0.15, -0.1) is 10.2 Å². The molecular weight excluding hydrogens is 595 g/mol. The van der Waals surface area contributed by atoms with Crippen LogP contribution in [0.3, 0.4) is 0 Å². The number of hydrogen-bond donors (Lipinski definition) is 2. The molecule has 1 saturated heterocycles. The average Bonchev–Trinajstić information content (AvgIpc) is 3.43. The molecule has 1 aliphatic rings. The van der Waals surface area contributed by atoms with E-state index in [2.05, 4.69) is 15.5 Å². The van der Waals surface area contributed by atoms with E-state index in [0.29, 0.717) is 16.5 Å². The van der Waals surface area contributed by atoms with E-state index in [0.717, 1.165) is 11.1 Å². The zero-order valence-electron chi connectivity index (χ0n) is 22.7. The Bertz CT molecular complexity index is 1590. The van der Waals surface area contributed by atoms with Gasteiger partial charge in [-0.05, 0) is 23.3 Å². The summed E-state index contributed by atoms with van der Waals surface area (Å²) in [7, 11) is 1.83. The van der Waals surface area contributed by atoms with Gasteiger partial charge in [-0.1, -0.05) is 55.1 Å². The minimum absolute atomic E-state index is 0.0346. The molecule has 0 aliphatic carbocycles. The van der Waals surface area contributed by atoms with Crippen LogP contribution >= 0.6 is 11.8 Å². The summed E-state index contributed by atoms with van der Waals surface area (Å²) in [5, 5.41) is 20.3. The third-order valence-electron chi connectivity index (χ3n) is 7.05. The van der Waals surface area contributed by atoms with E-state index in [4.69, 9.17) is 9.47 Å². The van der Waals surface area contributed by atoms with Crippen LogP contribution in [0.4, 0.5) is 27.6 Å². The van der Waals surface area contributed by atoms with Crippen molar-refractivity contribution < 1.29 is 41.3 Å². The Morgan fingerprint density at radius 1 is 0.930 bits per heavy atom. The van der Waals surface area contributed by atoms with Crippen LogP contribution in [0.15, 0.2) is 60.0 Å². The van der Waals surface area contributed by atoms with Gasteiger partial charge < -0.3 is 24.5 Å². The van der Waals surface area contributed by atoms with Crippen molar-refractivity contribution >= 4 is 23.4 Å². The van der Waals surface area contributed by atoms with Crippen LogP contribution in [0, 0.1) is 35.0 Å². The fourth-order valence-electron chi connectivity index (χ4n) is 4.59. The fraction of sp³-hybridized carbons (Fsp3) is 0.276. The first kappa shape index (κ1) is 30.6. The number of halogens is 5. The molecule has 5 rings (SSSR count). The molecular formula is C29H25F5N4O4S. The zero-order chi connectivity index (χ0) is 30.8. The average molecular weight is 621 g/mol. The van der Waals surface area contributed by atoms with Gasteiger partial charge >= 0.3 is 0 Å². The third kappa shape index (κ3) is 6.27. The maximum atomic E-state index is 14.1. The predicted molar refractivity (Wildman–Crippen MR) is 145 cm³/mol. The first-order valence-electron chi connectivity index (χ1n) is 13.0. The van der Waals surface area contributed by atoms with E-state index in [1.165, 1.54) is 23.9 Å². The molecule has 0 spiro atoms. The minimum atomic E-state index is -2.35. The first-order chi connectivity index (χ1) is 20.6. The highest BCUT2D eigenvalue weighted by Crippen LogP contribution is 2.43. The number of thioether (sulfide) groups is 1. The number of aryl methyl sites for hydroxylation is 1. The van der Waals surface area contributed by atoms with Crippen LogP contribution in [0.2, 0.25) is 0 Å². The quantitative estimate of drug-likeness (QED) is 0.111. The SMILES string of the molecule is C[C@@H]1[C@H](CSc2nncn2C)O[C@H](c2ccc(NC(=O)c3c(F)c(F)c(F)c(F)c3F)cc2)O[C@@H]1c1ccc(CO)cc1. The second-order valence-electron chi connectivity index (χ2n) is 9.88. The van der Waals surface area contributed by atoms with Crippen molar-refractivity contribution in [2.24, 2.45) is 13.0 Å². The molecule has 1 fully saturated rings. The second kappa shape index (κ2) is 12.8. The number of hydrogen-bond acceptors (Lipinski definition) is 7. The lowest BCUT2D eigenvalue weighted by Crippen LogP contribution is -2.38. The van der Waals surface area contributed by atoms with Gasteiger partial charge in [-0.3, -0.25) is 4.79 Å². The highest BCUT2D eigenvalue weighted by Gasteiger charge is 2.38. The number of ether oxygens (including phenoxy) is 2. The van der Waals surface area contributed by atoms with E-state index < -0.39 is 53.0 Å². The number of carbonyl (C=O) groups is 1. The predicted octanol–water partition coefficient (Wildman–Crippen LogP) is 5.84. The lowest BCUT2D eigenvalue weighted by atomic mass is 9.91. The highest BCUT2D eigenvalue weighted by molar-refractivity contribution is 7.99. The Morgan fingerprint density at radius 2 is 1.53 bits per heavy atom. The van der Waals surface area contributed by atoms with Gasteiger partial charge in [0.1, 0.15) is 11.9 Å².